The first kappa shape index (κ1) is 15.9. The Kier molecular flexibility index (Phi) is 6.20. The van der Waals surface area contributed by atoms with Gasteiger partial charge in [0.05, 0.1) is 6.61 Å². The summed E-state index contributed by atoms with van der Waals surface area (Å²) >= 11 is 0. The van der Waals surface area contributed by atoms with Gasteiger partial charge in [-0.05, 0) is 0 Å². The molecule has 0 radical (unpaired) electrons. The second kappa shape index (κ2) is 7.42. The van der Waals surface area contributed by atoms with Crippen molar-refractivity contribution in [3.63, 3.8) is 0 Å². The van der Waals surface area contributed by atoms with Gasteiger partial charge in [0.1, 0.15) is 24.9 Å². The Hall–Kier alpha value is -1.18. The fourth-order valence-electron chi connectivity index (χ4n) is 2.06. The lowest BCUT2D eigenvalue weighted by atomic mass is 10.00. The van der Waals surface area contributed by atoms with E-state index in [2.05, 4.69) is 0 Å². The average Bonchev–Trinajstić information content (AvgIpc) is 2.35. The Labute approximate surface area is 112 Å². The zero-order valence-electron chi connectivity index (χ0n) is 11.6. The number of carbonyl (C=O) groups excluding carboxylic acids is 2. The molecule has 0 saturated carbocycles. The summed E-state index contributed by atoms with van der Waals surface area (Å²) in [5.41, 5.74) is 0. The Morgan fingerprint density at radius 1 is 1.11 bits per heavy atom. The molecule has 19 heavy (non-hydrogen) atoms. The number of ether oxygens (including phenoxy) is 5. The number of rotatable bonds is 5. The van der Waals surface area contributed by atoms with Crippen molar-refractivity contribution in [2.45, 2.75) is 38.3 Å². The van der Waals surface area contributed by atoms with Gasteiger partial charge in [-0.2, -0.15) is 0 Å². The lowest BCUT2D eigenvalue weighted by Crippen LogP contribution is -2.57. The van der Waals surface area contributed by atoms with Gasteiger partial charge in [0.2, 0.25) is 0 Å². The Morgan fingerprint density at radius 3 is 2.21 bits per heavy atom. The van der Waals surface area contributed by atoms with Crippen LogP contribution in [0.15, 0.2) is 0 Å². The van der Waals surface area contributed by atoms with E-state index in [0.717, 1.165) is 0 Å². The number of methoxy groups -OCH3 is 2. The highest BCUT2D eigenvalue weighted by Crippen LogP contribution is 2.23. The van der Waals surface area contributed by atoms with E-state index >= 15 is 0 Å². The third-order valence-electron chi connectivity index (χ3n) is 2.84. The molecule has 1 fully saturated rings. The van der Waals surface area contributed by atoms with Crippen LogP contribution in [0.1, 0.15) is 13.8 Å². The number of esters is 2. The van der Waals surface area contributed by atoms with Crippen LogP contribution in [0.2, 0.25) is 0 Å². The maximum Gasteiger partial charge on any atom is 0.303 e. The van der Waals surface area contributed by atoms with Crippen LogP contribution in [0.3, 0.4) is 0 Å². The molecule has 0 aromatic carbocycles. The van der Waals surface area contributed by atoms with E-state index in [-0.39, 0.29) is 13.2 Å². The standard InChI is InChI=1S/C12H20O7/c1-7(13)17-5-9-11(15-3)12(16-4)10(6-18-9)19-8(2)14/h9-12H,5-6H2,1-4H3/t9-,10+,11-,12-/m0/s1. The minimum atomic E-state index is -0.541. The Morgan fingerprint density at radius 2 is 1.74 bits per heavy atom. The van der Waals surface area contributed by atoms with Crippen LogP contribution in [-0.4, -0.2) is 63.8 Å². The highest BCUT2D eigenvalue weighted by atomic mass is 16.6. The lowest BCUT2D eigenvalue weighted by Gasteiger charge is -2.40. The first-order chi connectivity index (χ1) is 8.99. The molecule has 1 aliphatic rings. The van der Waals surface area contributed by atoms with Gasteiger partial charge >= 0.3 is 11.9 Å². The van der Waals surface area contributed by atoms with Crippen molar-refractivity contribution in [1.82, 2.24) is 0 Å². The molecule has 7 heteroatoms. The molecule has 0 bridgehead atoms. The van der Waals surface area contributed by atoms with Crippen LogP contribution >= 0.6 is 0 Å². The van der Waals surface area contributed by atoms with Gasteiger partial charge in [-0.25, -0.2) is 0 Å². The van der Waals surface area contributed by atoms with Gasteiger partial charge in [-0.15, -0.1) is 0 Å². The fraction of sp³-hybridized carbons (Fsp3) is 0.833. The summed E-state index contributed by atoms with van der Waals surface area (Å²) in [6, 6.07) is 0. The predicted octanol–water partition coefficient (Wildman–Crippen LogP) is -0.0900. The molecule has 1 saturated heterocycles. The third-order valence-corrected chi connectivity index (χ3v) is 2.84. The molecule has 0 aliphatic carbocycles. The minimum Gasteiger partial charge on any atom is -0.463 e. The summed E-state index contributed by atoms with van der Waals surface area (Å²) in [7, 11) is 3.00. The number of hydrogen-bond donors (Lipinski definition) is 0. The molecular formula is C12H20O7. The van der Waals surface area contributed by atoms with Crippen LogP contribution in [0.25, 0.3) is 0 Å². The topological polar surface area (TPSA) is 80.3 Å². The highest BCUT2D eigenvalue weighted by molar-refractivity contribution is 5.66. The lowest BCUT2D eigenvalue weighted by molar-refractivity contribution is -0.224. The highest BCUT2D eigenvalue weighted by Gasteiger charge is 2.43. The van der Waals surface area contributed by atoms with Crippen LogP contribution < -0.4 is 0 Å². The monoisotopic (exact) mass is 276 g/mol. The van der Waals surface area contributed by atoms with E-state index in [1.807, 2.05) is 0 Å². The van der Waals surface area contributed by atoms with Gasteiger partial charge in [-0.1, -0.05) is 0 Å². The fourth-order valence-corrected chi connectivity index (χ4v) is 2.06. The molecule has 1 heterocycles. The first-order valence-electron chi connectivity index (χ1n) is 5.97. The third kappa shape index (κ3) is 4.45. The molecule has 1 aliphatic heterocycles. The van der Waals surface area contributed by atoms with E-state index in [1.165, 1.54) is 28.1 Å². The van der Waals surface area contributed by atoms with E-state index < -0.39 is 36.4 Å². The van der Waals surface area contributed by atoms with Crippen molar-refractivity contribution in [3.05, 3.63) is 0 Å². The summed E-state index contributed by atoms with van der Waals surface area (Å²) in [4.78, 5) is 21.8. The molecule has 110 valence electrons. The quantitative estimate of drug-likeness (QED) is 0.649. The average molecular weight is 276 g/mol. The predicted molar refractivity (Wildman–Crippen MR) is 63.5 cm³/mol. The summed E-state index contributed by atoms with van der Waals surface area (Å²) < 4.78 is 26.2. The molecule has 0 spiro atoms. The largest absolute Gasteiger partial charge is 0.463 e. The number of hydrogen-bond acceptors (Lipinski definition) is 7. The second-order valence-corrected chi connectivity index (χ2v) is 4.22. The van der Waals surface area contributed by atoms with Crippen LogP contribution in [-0.2, 0) is 33.3 Å². The van der Waals surface area contributed by atoms with E-state index in [9.17, 15) is 9.59 Å². The zero-order valence-corrected chi connectivity index (χ0v) is 11.6. The normalized spacial score (nSPS) is 30.7. The summed E-state index contributed by atoms with van der Waals surface area (Å²) in [5.74, 6) is -0.807. The van der Waals surface area contributed by atoms with Crippen LogP contribution in [0.4, 0.5) is 0 Å². The van der Waals surface area contributed by atoms with Crippen molar-refractivity contribution in [1.29, 1.82) is 0 Å². The molecule has 4 atom stereocenters. The zero-order chi connectivity index (χ0) is 14.4. The molecule has 0 amide bonds. The van der Waals surface area contributed by atoms with Crippen molar-refractivity contribution < 1.29 is 33.3 Å². The molecule has 0 unspecified atom stereocenters. The minimum absolute atomic E-state index is 0.0699. The van der Waals surface area contributed by atoms with Gasteiger partial charge in [-0.3, -0.25) is 9.59 Å². The Bertz CT molecular complexity index is 317. The van der Waals surface area contributed by atoms with Crippen molar-refractivity contribution >= 4 is 11.9 Å². The van der Waals surface area contributed by atoms with Crippen LogP contribution in [0, 0.1) is 0 Å². The van der Waals surface area contributed by atoms with Gasteiger partial charge in [0.25, 0.3) is 0 Å². The molecule has 1 rings (SSSR count). The van der Waals surface area contributed by atoms with Crippen molar-refractivity contribution in [2.24, 2.45) is 0 Å². The summed E-state index contributed by atoms with van der Waals surface area (Å²) in [5, 5.41) is 0. The molecule has 0 N–H and O–H groups in total. The molecule has 0 aromatic heterocycles. The van der Waals surface area contributed by atoms with Gasteiger partial charge in [0.15, 0.2) is 6.10 Å². The summed E-state index contributed by atoms with van der Waals surface area (Å²) in [6.45, 7) is 2.88. The van der Waals surface area contributed by atoms with E-state index in [4.69, 9.17) is 23.7 Å². The van der Waals surface area contributed by atoms with E-state index in [1.54, 1.807) is 0 Å². The summed E-state index contributed by atoms with van der Waals surface area (Å²) in [6.07, 6.45) is -1.95. The van der Waals surface area contributed by atoms with Crippen molar-refractivity contribution in [3.8, 4) is 0 Å². The SMILES string of the molecule is CO[C@@H]1[C@@H](OC)[C@H](OC(C)=O)CO[C@H]1COC(C)=O. The Balaban J connectivity index is 2.69. The number of carbonyl (C=O) groups is 2. The molecule has 0 aromatic rings. The second-order valence-electron chi connectivity index (χ2n) is 4.22. The van der Waals surface area contributed by atoms with Crippen LogP contribution in [0.5, 0.6) is 0 Å². The van der Waals surface area contributed by atoms with Gasteiger partial charge in [0, 0.05) is 28.1 Å². The smallest absolute Gasteiger partial charge is 0.303 e. The molecular weight excluding hydrogens is 256 g/mol. The maximum atomic E-state index is 11.0. The maximum absolute atomic E-state index is 11.0. The van der Waals surface area contributed by atoms with Crippen molar-refractivity contribution in [2.75, 3.05) is 27.4 Å². The first-order valence-corrected chi connectivity index (χ1v) is 5.97. The molecule has 7 nitrogen and oxygen atoms in total. The van der Waals surface area contributed by atoms with Gasteiger partial charge < -0.3 is 23.7 Å². The van der Waals surface area contributed by atoms with E-state index in [0.29, 0.717) is 0 Å².